The zero-order valence-electron chi connectivity index (χ0n) is 28.7. The number of nitrogens with zero attached hydrogens (tertiary/aromatic N) is 3. The Morgan fingerprint density at radius 1 is 0.938 bits per heavy atom. The first kappa shape index (κ1) is 37.0. The maximum Gasteiger partial charge on any atom is 0.221 e. The second-order valence-corrected chi connectivity index (χ2v) is 13.3. The van der Waals surface area contributed by atoms with Crippen molar-refractivity contribution < 1.29 is 24.1 Å². The summed E-state index contributed by atoms with van der Waals surface area (Å²) in [7, 11) is 0. The Balaban J connectivity index is 1.74. The van der Waals surface area contributed by atoms with Crippen LogP contribution in [0, 0.1) is 13.8 Å². The quantitative estimate of drug-likeness (QED) is 0.0371. The van der Waals surface area contributed by atoms with Crippen molar-refractivity contribution in [3.05, 3.63) is 65.2 Å². The van der Waals surface area contributed by atoms with Gasteiger partial charge < -0.3 is 15.4 Å². The molecule has 0 aliphatic heterocycles. The van der Waals surface area contributed by atoms with Gasteiger partial charge in [-0.3, -0.25) is 9.59 Å². The first-order valence-electron chi connectivity index (χ1n) is 16.2. The van der Waals surface area contributed by atoms with E-state index in [0.717, 1.165) is 64.6 Å². The third-order valence-corrected chi connectivity index (χ3v) is 9.14. The number of carbonyl (C=O) groups is 2. The van der Waals surface area contributed by atoms with Gasteiger partial charge >= 0.3 is 0 Å². The topological polar surface area (TPSA) is 124 Å². The monoisotopic (exact) mass is 691 g/mol. The minimum absolute atomic E-state index is 0.0381. The van der Waals surface area contributed by atoms with Crippen LogP contribution in [0.1, 0.15) is 82.6 Å². The molecule has 10 nitrogen and oxygen atoms in total. The molecule has 2 amide bonds. The lowest BCUT2D eigenvalue weighted by atomic mass is 10.1. The van der Waals surface area contributed by atoms with Crippen molar-refractivity contribution in [1.82, 2.24) is 4.37 Å². The van der Waals surface area contributed by atoms with Crippen molar-refractivity contribution >= 4 is 68.1 Å². The molecule has 3 aromatic carbocycles. The van der Waals surface area contributed by atoms with E-state index in [1.807, 2.05) is 50.4 Å². The van der Waals surface area contributed by atoms with Gasteiger partial charge in [0.05, 0.1) is 28.7 Å². The molecule has 0 aliphatic carbocycles. The van der Waals surface area contributed by atoms with Gasteiger partial charge in [-0.2, -0.15) is 4.37 Å². The number of hydrogen-bond donors (Lipinski definition) is 2. The van der Waals surface area contributed by atoms with Crippen LogP contribution in [-0.2, 0) is 19.4 Å². The van der Waals surface area contributed by atoms with E-state index in [9.17, 15) is 9.59 Å². The lowest BCUT2D eigenvalue weighted by Gasteiger charge is -2.26. The first-order chi connectivity index (χ1) is 23.1. The molecule has 0 bridgehead atoms. The Labute approximate surface area is 291 Å². The van der Waals surface area contributed by atoms with Crippen LogP contribution in [0.5, 0.6) is 5.75 Å². The molecule has 0 radical (unpaired) electrons. The molecule has 2 N–H and O–H groups in total. The molecule has 12 heteroatoms. The summed E-state index contributed by atoms with van der Waals surface area (Å²) in [6.45, 7) is 11.2. The summed E-state index contributed by atoms with van der Waals surface area (Å²) in [6, 6.07) is 15.4. The van der Waals surface area contributed by atoms with E-state index < -0.39 is 6.10 Å². The standard InChI is InChI=1S/C36H45N5O5S2/c1-8-10-11-12-27(9-2)46-44-21-33(29-18-23(4)14-16-34(29)47-7)45-35-31(37-24(5)42)19-26(20-32(35)38-25(6)43)39-40-36-28-17-22(3)13-15-30(28)41-48-36/h13-20,27,33H,8-12,21H2,1-7H3,(H,37,42)(H,38,43). The van der Waals surface area contributed by atoms with E-state index in [0.29, 0.717) is 22.1 Å². The molecule has 2 atom stereocenters. The number of hydrogen-bond acceptors (Lipinski definition) is 10. The third-order valence-electron chi connectivity index (χ3n) is 7.57. The van der Waals surface area contributed by atoms with Gasteiger partial charge in [0.1, 0.15) is 6.61 Å². The first-order valence-corrected chi connectivity index (χ1v) is 18.2. The van der Waals surface area contributed by atoms with E-state index in [1.165, 1.54) is 25.4 Å². The van der Waals surface area contributed by atoms with Gasteiger partial charge in [0, 0.05) is 29.7 Å². The van der Waals surface area contributed by atoms with Gasteiger partial charge in [-0.25, -0.2) is 9.78 Å². The highest BCUT2D eigenvalue weighted by Gasteiger charge is 2.24. The molecule has 0 aliphatic rings. The van der Waals surface area contributed by atoms with E-state index in [-0.39, 0.29) is 30.3 Å². The maximum absolute atomic E-state index is 12.5. The molecule has 0 fully saturated rings. The van der Waals surface area contributed by atoms with Crippen molar-refractivity contribution in [1.29, 1.82) is 0 Å². The molecule has 0 spiro atoms. The zero-order valence-corrected chi connectivity index (χ0v) is 30.3. The molecular formula is C36H45N5O5S2. The number of aryl methyl sites for hydroxylation is 2. The number of rotatable bonds is 17. The number of carbonyl (C=O) groups excluding carboxylic acids is 2. The fourth-order valence-corrected chi connectivity index (χ4v) is 6.47. The molecule has 256 valence electrons. The predicted octanol–water partition coefficient (Wildman–Crippen LogP) is 10.4. The van der Waals surface area contributed by atoms with Gasteiger partial charge in [0.15, 0.2) is 16.9 Å². The van der Waals surface area contributed by atoms with Crippen molar-refractivity contribution in [2.24, 2.45) is 10.2 Å². The second kappa shape index (κ2) is 18.1. The number of thioether (sulfide) groups is 1. The number of fused-ring (bicyclic) bond motifs is 1. The highest BCUT2D eigenvalue weighted by molar-refractivity contribution is 7.98. The molecule has 2 unspecified atom stereocenters. The molecule has 4 rings (SSSR count). The van der Waals surface area contributed by atoms with Crippen LogP contribution in [0.4, 0.5) is 22.1 Å². The largest absolute Gasteiger partial charge is 0.479 e. The average Bonchev–Trinajstić information content (AvgIpc) is 3.45. The Bertz CT molecular complexity index is 1700. The lowest BCUT2D eigenvalue weighted by molar-refractivity contribution is -0.334. The third kappa shape index (κ3) is 10.3. The normalized spacial score (nSPS) is 12.7. The minimum Gasteiger partial charge on any atom is -0.479 e. The Kier molecular flexibility index (Phi) is 13.9. The highest BCUT2D eigenvalue weighted by atomic mass is 32.2. The van der Waals surface area contributed by atoms with Gasteiger partial charge in [-0.1, -0.05) is 62.4 Å². The number of unbranched alkanes of at least 4 members (excludes halogenated alkanes) is 2. The number of azo groups is 1. The van der Waals surface area contributed by atoms with Crippen molar-refractivity contribution in [3.8, 4) is 5.75 Å². The van der Waals surface area contributed by atoms with Crippen LogP contribution in [0.3, 0.4) is 0 Å². The van der Waals surface area contributed by atoms with Crippen LogP contribution in [0.15, 0.2) is 63.7 Å². The maximum atomic E-state index is 12.5. The number of anilines is 2. The summed E-state index contributed by atoms with van der Waals surface area (Å²) in [5, 5.41) is 16.2. The number of aromatic nitrogens is 1. The van der Waals surface area contributed by atoms with E-state index in [2.05, 4.69) is 45.1 Å². The number of benzene rings is 3. The molecule has 0 saturated carbocycles. The van der Waals surface area contributed by atoms with Crippen LogP contribution in [0.2, 0.25) is 0 Å². The van der Waals surface area contributed by atoms with Crippen molar-refractivity contribution in [2.75, 3.05) is 23.5 Å². The molecule has 0 saturated heterocycles. The van der Waals surface area contributed by atoms with Gasteiger partial charge in [0.25, 0.3) is 0 Å². The summed E-state index contributed by atoms with van der Waals surface area (Å²) in [6.07, 6.45) is 6.37. The predicted molar refractivity (Wildman–Crippen MR) is 195 cm³/mol. The Morgan fingerprint density at radius 2 is 1.62 bits per heavy atom. The average molecular weight is 692 g/mol. The summed E-state index contributed by atoms with van der Waals surface area (Å²) < 4.78 is 11.2. The fraction of sp³-hybridized carbons (Fsp3) is 0.417. The minimum atomic E-state index is -0.653. The smallest absolute Gasteiger partial charge is 0.221 e. The van der Waals surface area contributed by atoms with Crippen LogP contribution < -0.4 is 15.4 Å². The van der Waals surface area contributed by atoms with Gasteiger partial charge in [0.2, 0.25) is 11.8 Å². The Hall–Kier alpha value is -3.84. The molecule has 1 heterocycles. The summed E-state index contributed by atoms with van der Waals surface area (Å²) in [4.78, 5) is 37.7. The number of amides is 2. The van der Waals surface area contributed by atoms with Gasteiger partial charge in [-0.05, 0) is 74.8 Å². The SMILES string of the molecule is CCCCCC(CC)OOCC(Oc1c(NC(C)=O)cc(N=Nc2snc3ccc(C)cc23)cc1NC(C)=O)c1cc(C)ccc1SC. The summed E-state index contributed by atoms with van der Waals surface area (Å²) in [5.41, 5.74) is 4.91. The van der Waals surface area contributed by atoms with Crippen LogP contribution in [0.25, 0.3) is 10.9 Å². The molecule has 1 aromatic heterocycles. The number of ether oxygens (including phenoxy) is 1. The number of nitrogens with one attached hydrogen (secondary N) is 2. The fourth-order valence-electron chi connectivity index (χ4n) is 5.16. The van der Waals surface area contributed by atoms with Gasteiger partial charge in [-0.15, -0.1) is 22.0 Å². The van der Waals surface area contributed by atoms with Crippen LogP contribution in [-0.4, -0.2) is 35.2 Å². The zero-order chi connectivity index (χ0) is 34.6. The lowest BCUT2D eigenvalue weighted by Crippen LogP contribution is -2.21. The Morgan fingerprint density at radius 3 is 2.27 bits per heavy atom. The molecular weight excluding hydrogens is 647 g/mol. The van der Waals surface area contributed by atoms with Crippen LogP contribution >= 0.6 is 23.3 Å². The van der Waals surface area contributed by atoms with E-state index in [1.54, 1.807) is 23.9 Å². The molecule has 4 aromatic rings. The summed E-state index contributed by atoms with van der Waals surface area (Å²) >= 11 is 2.84. The van der Waals surface area contributed by atoms with Crippen molar-refractivity contribution in [3.63, 3.8) is 0 Å². The highest BCUT2D eigenvalue weighted by Crippen LogP contribution is 2.43. The summed E-state index contributed by atoms with van der Waals surface area (Å²) in [5.74, 6) is -0.377. The second-order valence-electron chi connectivity index (χ2n) is 11.7. The van der Waals surface area contributed by atoms with E-state index >= 15 is 0 Å². The van der Waals surface area contributed by atoms with E-state index in [4.69, 9.17) is 14.5 Å². The molecule has 48 heavy (non-hydrogen) atoms. The van der Waals surface area contributed by atoms with Crippen molar-refractivity contribution in [2.45, 2.75) is 90.7 Å².